The van der Waals surface area contributed by atoms with E-state index in [2.05, 4.69) is 5.32 Å². The molecule has 0 aromatic heterocycles. The van der Waals surface area contributed by atoms with Gasteiger partial charge in [-0.05, 0) is 41.0 Å². The molecule has 6 heteroatoms. The lowest BCUT2D eigenvalue weighted by molar-refractivity contribution is -0.145. The molecule has 0 saturated heterocycles. The van der Waals surface area contributed by atoms with Crippen molar-refractivity contribution in [2.24, 2.45) is 0 Å². The van der Waals surface area contributed by atoms with E-state index in [4.69, 9.17) is 9.47 Å². The van der Waals surface area contributed by atoms with Crippen molar-refractivity contribution in [3.8, 4) is 5.75 Å². The lowest BCUT2D eigenvalue weighted by Gasteiger charge is -2.17. The molecule has 3 aromatic carbocycles. The zero-order valence-electron chi connectivity index (χ0n) is 17.2. The van der Waals surface area contributed by atoms with E-state index >= 15 is 0 Å². The fourth-order valence-corrected chi connectivity index (χ4v) is 3.07. The number of esters is 1. The van der Waals surface area contributed by atoms with Crippen molar-refractivity contribution < 1.29 is 23.5 Å². The molecule has 0 radical (unpaired) electrons. The van der Waals surface area contributed by atoms with Gasteiger partial charge in [0.2, 0.25) is 5.91 Å². The highest BCUT2D eigenvalue weighted by Gasteiger charge is 2.22. The van der Waals surface area contributed by atoms with Crippen LogP contribution in [0.3, 0.4) is 0 Å². The van der Waals surface area contributed by atoms with Crippen LogP contribution in [0.5, 0.6) is 5.75 Å². The highest BCUT2D eigenvalue weighted by molar-refractivity contribution is 5.85. The fourth-order valence-electron chi connectivity index (χ4n) is 3.07. The van der Waals surface area contributed by atoms with E-state index in [0.29, 0.717) is 17.9 Å². The maximum atomic E-state index is 13.0. The van der Waals surface area contributed by atoms with Crippen molar-refractivity contribution in [2.75, 3.05) is 7.11 Å². The summed E-state index contributed by atoms with van der Waals surface area (Å²) in [6.07, 6.45) is 0.320. The second-order valence-electron chi connectivity index (χ2n) is 7.07. The minimum atomic E-state index is -0.825. The van der Waals surface area contributed by atoms with E-state index in [0.717, 1.165) is 11.1 Å². The molecule has 1 amide bonds. The number of rotatable bonds is 9. The van der Waals surface area contributed by atoms with Crippen LogP contribution in [0, 0.1) is 5.82 Å². The maximum absolute atomic E-state index is 13.0. The standard InChI is InChI=1S/C25H24FNO4/c1-30-25(29)23(27-24(28)16-19-7-11-21(26)12-8-19)15-18-9-13-22(14-10-18)31-17-20-5-3-2-4-6-20/h2-14,23H,15-17H2,1H3,(H,27,28)/t23-/m1/s1. The minimum Gasteiger partial charge on any atom is -0.489 e. The molecule has 31 heavy (non-hydrogen) atoms. The van der Waals surface area contributed by atoms with Crippen LogP contribution in [0.4, 0.5) is 4.39 Å². The van der Waals surface area contributed by atoms with E-state index in [-0.39, 0.29) is 24.6 Å². The van der Waals surface area contributed by atoms with Gasteiger partial charge in [-0.25, -0.2) is 9.18 Å². The molecule has 0 aliphatic heterocycles. The Morgan fingerprint density at radius 2 is 1.52 bits per heavy atom. The van der Waals surface area contributed by atoms with Gasteiger partial charge in [0, 0.05) is 6.42 Å². The van der Waals surface area contributed by atoms with Crippen LogP contribution in [0.25, 0.3) is 0 Å². The number of nitrogens with one attached hydrogen (secondary N) is 1. The molecular formula is C25H24FNO4. The number of methoxy groups -OCH3 is 1. The molecule has 0 spiro atoms. The Hall–Kier alpha value is -3.67. The van der Waals surface area contributed by atoms with Gasteiger partial charge in [-0.3, -0.25) is 4.79 Å². The molecular weight excluding hydrogens is 397 g/mol. The highest BCUT2D eigenvalue weighted by Crippen LogP contribution is 2.16. The van der Waals surface area contributed by atoms with Gasteiger partial charge in [0.05, 0.1) is 13.5 Å². The molecule has 0 fully saturated rings. The van der Waals surface area contributed by atoms with Crippen LogP contribution < -0.4 is 10.1 Å². The monoisotopic (exact) mass is 421 g/mol. The van der Waals surface area contributed by atoms with Crippen molar-refractivity contribution in [3.05, 3.63) is 101 Å². The number of carbonyl (C=O) groups is 2. The van der Waals surface area contributed by atoms with Gasteiger partial charge in [-0.15, -0.1) is 0 Å². The summed E-state index contributed by atoms with van der Waals surface area (Å²) in [4.78, 5) is 24.5. The molecule has 1 N–H and O–H groups in total. The Balaban J connectivity index is 1.57. The van der Waals surface area contributed by atoms with Gasteiger partial charge in [0.1, 0.15) is 24.2 Å². The largest absolute Gasteiger partial charge is 0.489 e. The molecule has 0 bridgehead atoms. The minimum absolute atomic E-state index is 0.0417. The number of amides is 1. The van der Waals surface area contributed by atoms with Gasteiger partial charge < -0.3 is 14.8 Å². The zero-order valence-corrected chi connectivity index (χ0v) is 17.2. The van der Waals surface area contributed by atoms with Crippen LogP contribution in [0.2, 0.25) is 0 Å². The van der Waals surface area contributed by atoms with Crippen molar-refractivity contribution in [1.82, 2.24) is 5.32 Å². The van der Waals surface area contributed by atoms with Crippen molar-refractivity contribution in [2.45, 2.75) is 25.5 Å². The Kier molecular flexibility index (Phi) is 7.76. The van der Waals surface area contributed by atoms with E-state index in [9.17, 15) is 14.0 Å². The Bertz CT molecular complexity index is 988. The molecule has 1 atom stereocenters. The maximum Gasteiger partial charge on any atom is 0.328 e. The van der Waals surface area contributed by atoms with Gasteiger partial charge in [0.15, 0.2) is 0 Å². The normalized spacial score (nSPS) is 11.4. The third-order valence-electron chi connectivity index (χ3n) is 4.71. The SMILES string of the molecule is COC(=O)[C@@H](Cc1ccc(OCc2ccccc2)cc1)NC(=O)Cc1ccc(F)cc1. The summed E-state index contributed by atoms with van der Waals surface area (Å²) in [5, 5.41) is 2.70. The van der Waals surface area contributed by atoms with E-state index in [1.54, 1.807) is 0 Å². The quantitative estimate of drug-likeness (QED) is 0.533. The summed E-state index contributed by atoms with van der Waals surface area (Å²) in [5.74, 6) is -0.531. The van der Waals surface area contributed by atoms with Crippen molar-refractivity contribution in [3.63, 3.8) is 0 Å². The fraction of sp³-hybridized carbons (Fsp3) is 0.200. The lowest BCUT2D eigenvalue weighted by Crippen LogP contribution is -2.43. The smallest absolute Gasteiger partial charge is 0.328 e. The summed E-state index contributed by atoms with van der Waals surface area (Å²) in [5.41, 5.74) is 2.58. The van der Waals surface area contributed by atoms with Gasteiger partial charge in [0.25, 0.3) is 0 Å². The summed E-state index contributed by atoms with van der Waals surface area (Å²) >= 11 is 0. The van der Waals surface area contributed by atoms with Gasteiger partial charge >= 0.3 is 5.97 Å². The van der Waals surface area contributed by atoms with E-state index in [1.165, 1.54) is 31.4 Å². The topological polar surface area (TPSA) is 64.6 Å². The van der Waals surface area contributed by atoms with E-state index in [1.807, 2.05) is 54.6 Å². The second-order valence-corrected chi connectivity index (χ2v) is 7.07. The molecule has 0 unspecified atom stereocenters. The molecule has 0 aliphatic carbocycles. The molecule has 160 valence electrons. The number of halogens is 1. The molecule has 0 heterocycles. The molecule has 3 aromatic rings. The first-order chi connectivity index (χ1) is 15.0. The third-order valence-corrected chi connectivity index (χ3v) is 4.71. The predicted molar refractivity (Wildman–Crippen MR) is 115 cm³/mol. The number of benzene rings is 3. The molecule has 3 rings (SSSR count). The number of hydrogen-bond acceptors (Lipinski definition) is 4. The number of hydrogen-bond donors (Lipinski definition) is 1. The predicted octanol–water partition coefficient (Wildman–Crippen LogP) is 3.85. The van der Waals surface area contributed by atoms with Crippen molar-refractivity contribution in [1.29, 1.82) is 0 Å². The first-order valence-electron chi connectivity index (χ1n) is 9.91. The van der Waals surface area contributed by atoms with Crippen LogP contribution in [-0.2, 0) is 33.8 Å². The number of ether oxygens (including phenoxy) is 2. The Labute approximate surface area is 180 Å². The van der Waals surface area contributed by atoms with Crippen LogP contribution in [0.15, 0.2) is 78.9 Å². The van der Waals surface area contributed by atoms with Crippen molar-refractivity contribution >= 4 is 11.9 Å². The van der Waals surface area contributed by atoms with Crippen LogP contribution >= 0.6 is 0 Å². The van der Waals surface area contributed by atoms with Gasteiger partial charge in [-0.1, -0.05) is 54.6 Å². The molecule has 0 saturated carbocycles. The Morgan fingerprint density at radius 1 is 0.871 bits per heavy atom. The summed E-state index contributed by atoms with van der Waals surface area (Å²) in [6, 6.07) is 22.0. The molecule has 5 nitrogen and oxygen atoms in total. The highest BCUT2D eigenvalue weighted by atomic mass is 19.1. The molecule has 0 aliphatic rings. The summed E-state index contributed by atoms with van der Waals surface area (Å²) in [7, 11) is 1.28. The Morgan fingerprint density at radius 3 is 2.16 bits per heavy atom. The van der Waals surface area contributed by atoms with Crippen LogP contribution in [0.1, 0.15) is 16.7 Å². The van der Waals surface area contributed by atoms with E-state index < -0.39 is 12.0 Å². The first kappa shape index (κ1) is 22.0. The zero-order chi connectivity index (χ0) is 22.1. The summed E-state index contributed by atoms with van der Waals surface area (Å²) < 4.78 is 23.6. The average Bonchev–Trinajstić information content (AvgIpc) is 2.80. The van der Waals surface area contributed by atoms with Crippen LogP contribution in [-0.4, -0.2) is 25.0 Å². The second kappa shape index (κ2) is 10.9. The average molecular weight is 421 g/mol. The first-order valence-corrected chi connectivity index (χ1v) is 9.91. The number of carbonyl (C=O) groups excluding carboxylic acids is 2. The summed E-state index contributed by atoms with van der Waals surface area (Å²) in [6.45, 7) is 0.463. The van der Waals surface area contributed by atoms with Gasteiger partial charge in [-0.2, -0.15) is 0 Å². The lowest BCUT2D eigenvalue weighted by atomic mass is 10.0. The third kappa shape index (κ3) is 6.96.